The standard InChI is InChI=1S/C31H35N3O6/c1-31(20-39-3,29(36)37)33-28(35)27(18-34(2)17-21-11-5-4-6-12-21)32-30(38)40-19-26-24-15-9-7-13-22(24)23-14-8-10-16-25(23)26/h4-16,26-27H,17-20H2,1-3H3,(H,32,38)(H,33,35)(H,36,37). The minimum atomic E-state index is -1.68. The number of carbonyl (C=O) groups excluding carboxylic acids is 2. The van der Waals surface area contributed by atoms with Crippen molar-refractivity contribution in [2.45, 2.75) is 31.0 Å². The molecule has 3 aromatic carbocycles. The number of hydrogen-bond acceptors (Lipinski definition) is 6. The van der Waals surface area contributed by atoms with Gasteiger partial charge in [-0.05, 0) is 41.8 Å². The maximum absolute atomic E-state index is 13.3. The summed E-state index contributed by atoms with van der Waals surface area (Å²) >= 11 is 0. The number of methoxy groups -OCH3 is 1. The number of carboxylic acid groups (broad SMARTS) is 1. The summed E-state index contributed by atoms with van der Waals surface area (Å²) in [5, 5.41) is 14.9. The first-order chi connectivity index (χ1) is 19.2. The minimum absolute atomic E-state index is 0.0879. The number of fused-ring (bicyclic) bond motifs is 3. The van der Waals surface area contributed by atoms with Crippen molar-refractivity contribution in [3.8, 4) is 11.1 Å². The molecule has 9 heteroatoms. The Bertz CT molecular complexity index is 1300. The molecule has 0 aliphatic heterocycles. The second-order valence-corrected chi connectivity index (χ2v) is 10.3. The fourth-order valence-electron chi connectivity index (χ4n) is 5.05. The van der Waals surface area contributed by atoms with E-state index in [4.69, 9.17) is 9.47 Å². The van der Waals surface area contributed by atoms with E-state index in [9.17, 15) is 19.5 Å². The third-order valence-electron chi connectivity index (χ3n) is 7.05. The molecule has 0 heterocycles. The number of ether oxygens (including phenoxy) is 2. The Morgan fingerprint density at radius 3 is 2.10 bits per heavy atom. The molecule has 3 N–H and O–H groups in total. The molecule has 2 unspecified atom stereocenters. The molecular formula is C31H35N3O6. The highest BCUT2D eigenvalue weighted by Gasteiger charge is 2.38. The highest BCUT2D eigenvalue weighted by Crippen LogP contribution is 2.44. The number of amides is 2. The first-order valence-corrected chi connectivity index (χ1v) is 13.1. The summed E-state index contributed by atoms with van der Waals surface area (Å²) in [6.07, 6.45) is -0.765. The predicted molar refractivity (Wildman–Crippen MR) is 151 cm³/mol. The van der Waals surface area contributed by atoms with Gasteiger partial charge in [-0.1, -0.05) is 78.9 Å². The second kappa shape index (κ2) is 12.8. The van der Waals surface area contributed by atoms with Gasteiger partial charge in [-0.15, -0.1) is 0 Å². The molecule has 0 saturated heterocycles. The van der Waals surface area contributed by atoms with Crippen molar-refractivity contribution in [1.82, 2.24) is 15.5 Å². The van der Waals surface area contributed by atoms with Crippen LogP contribution in [0.15, 0.2) is 78.9 Å². The van der Waals surface area contributed by atoms with Crippen LogP contribution >= 0.6 is 0 Å². The molecule has 1 aliphatic rings. The normalized spacial score (nSPS) is 14.5. The van der Waals surface area contributed by atoms with Crippen LogP contribution < -0.4 is 10.6 Å². The number of alkyl carbamates (subject to hydrolysis) is 1. The van der Waals surface area contributed by atoms with Gasteiger partial charge >= 0.3 is 12.1 Å². The van der Waals surface area contributed by atoms with Crippen LogP contribution in [0, 0.1) is 0 Å². The molecule has 2 atom stereocenters. The van der Waals surface area contributed by atoms with Crippen LogP contribution in [0.1, 0.15) is 29.5 Å². The third-order valence-corrected chi connectivity index (χ3v) is 7.05. The molecule has 1 aliphatic carbocycles. The first-order valence-electron chi connectivity index (χ1n) is 13.1. The molecule has 4 rings (SSSR count). The van der Waals surface area contributed by atoms with Crippen molar-refractivity contribution in [2.24, 2.45) is 0 Å². The molecule has 0 aromatic heterocycles. The average molecular weight is 546 g/mol. The number of benzene rings is 3. The first kappa shape index (κ1) is 28.8. The summed E-state index contributed by atoms with van der Waals surface area (Å²) in [7, 11) is 3.17. The predicted octanol–water partition coefficient (Wildman–Crippen LogP) is 3.63. The van der Waals surface area contributed by atoms with Crippen LogP contribution in [-0.2, 0) is 25.6 Å². The van der Waals surface area contributed by atoms with E-state index >= 15 is 0 Å². The molecule has 9 nitrogen and oxygen atoms in total. The highest BCUT2D eigenvalue weighted by atomic mass is 16.5. The zero-order valence-electron chi connectivity index (χ0n) is 22.9. The van der Waals surface area contributed by atoms with E-state index in [0.29, 0.717) is 6.54 Å². The van der Waals surface area contributed by atoms with E-state index < -0.39 is 29.6 Å². The van der Waals surface area contributed by atoms with Crippen molar-refractivity contribution in [3.05, 3.63) is 95.6 Å². The number of carbonyl (C=O) groups is 3. The molecule has 3 aromatic rings. The van der Waals surface area contributed by atoms with Crippen molar-refractivity contribution < 1.29 is 29.0 Å². The van der Waals surface area contributed by atoms with Crippen LogP contribution in [0.2, 0.25) is 0 Å². The number of aliphatic carboxylic acids is 1. The lowest BCUT2D eigenvalue weighted by Crippen LogP contribution is -2.61. The molecular weight excluding hydrogens is 510 g/mol. The Morgan fingerprint density at radius 1 is 0.950 bits per heavy atom. The summed E-state index contributed by atoms with van der Waals surface area (Å²) in [4.78, 5) is 40.1. The van der Waals surface area contributed by atoms with E-state index in [1.165, 1.54) is 14.0 Å². The van der Waals surface area contributed by atoms with Gasteiger partial charge in [0.25, 0.3) is 0 Å². The topological polar surface area (TPSA) is 117 Å². The van der Waals surface area contributed by atoms with Gasteiger partial charge in [-0.3, -0.25) is 9.69 Å². The number of hydrogen-bond donors (Lipinski definition) is 3. The number of rotatable bonds is 12. The fraction of sp³-hybridized carbons (Fsp3) is 0.323. The molecule has 210 valence electrons. The van der Waals surface area contributed by atoms with Gasteiger partial charge in [-0.25, -0.2) is 9.59 Å². The second-order valence-electron chi connectivity index (χ2n) is 10.3. The SMILES string of the molecule is COCC(C)(NC(=O)C(CN(C)Cc1ccccc1)NC(=O)OCC1c2ccccc2-c2ccccc21)C(=O)O. The van der Waals surface area contributed by atoms with E-state index in [1.807, 2.05) is 78.7 Å². The van der Waals surface area contributed by atoms with Gasteiger partial charge in [0.2, 0.25) is 5.91 Å². The van der Waals surface area contributed by atoms with Gasteiger partial charge in [0, 0.05) is 26.1 Å². The van der Waals surface area contributed by atoms with Gasteiger partial charge in [-0.2, -0.15) is 0 Å². The van der Waals surface area contributed by atoms with Crippen molar-refractivity contribution >= 4 is 18.0 Å². The fourth-order valence-corrected chi connectivity index (χ4v) is 5.05. The molecule has 0 saturated carbocycles. The van der Waals surface area contributed by atoms with Crippen LogP contribution in [0.5, 0.6) is 0 Å². The van der Waals surface area contributed by atoms with Crippen LogP contribution in [0.25, 0.3) is 11.1 Å². The van der Waals surface area contributed by atoms with E-state index in [1.54, 1.807) is 0 Å². The molecule has 2 amide bonds. The largest absolute Gasteiger partial charge is 0.479 e. The van der Waals surface area contributed by atoms with Crippen LogP contribution in [0.3, 0.4) is 0 Å². The summed E-state index contributed by atoms with van der Waals surface area (Å²) in [5.74, 6) is -2.04. The number of likely N-dealkylation sites (N-methyl/N-ethyl adjacent to an activating group) is 1. The van der Waals surface area contributed by atoms with Crippen LogP contribution in [0.4, 0.5) is 4.79 Å². The smallest absolute Gasteiger partial charge is 0.407 e. The Labute approximate surface area is 234 Å². The Hall–Kier alpha value is -4.21. The summed E-state index contributed by atoms with van der Waals surface area (Å²) in [6, 6.07) is 24.6. The zero-order chi connectivity index (χ0) is 28.7. The highest BCUT2D eigenvalue weighted by molar-refractivity contribution is 5.91. The maximum atomic E-state index is 13.3. The Kier molecular flexibility index (Phi) is 9.19. The lowest BCUT2D eigenvalue weighted by molar-refractivity contribution is -0.149. The van der Waals surface area contributed by atoms with Crippen molar-refractivity contribution in [1.29, 1.82) is 0 Å². The summed E-state index contributed by atoms with van der Waals surface area (Å²) < 4.78 is 10.7. The van der Waals surface area contributed by atoms with Gasteiger partial charge < -0.3 is 25.2 Å². The minimum Gasteiger partial charge on any atom is -0.479 e. The molecule has 0 fully saturated rings. The molecule has 0 spiro atoms. The lowest BCUT2D eigenvalue weighted by atomic mass is 9.98. The average Bonchev–Trinajstić information content (AvgIpc) is 3.25. The van der Waals surface area contributed by atoms with Crippen molar-refractivity contribution in [3.63, 3.8) is 0 Å². The van der Waals surface area contributed by atoms with E-state index in [2.05, 4.69) is 22.8 Å². The summed E-state index contributed by atoms with van der Waals surface area (Å²) in [6.45, 7) is 1.84. The Balaban J connectivity index is 1.47. The summed E-state index contributed by atoms with van der Waals surface area (Å²) in [5.41, 5.74) is 3.72. The van der Waals surface area contributed by atoms with Gasteiger partial charge in [0.05, 0.1) is 6.61 Å². The molecule has 0 bridgehead atoms. The van der Waals surface area contributed by atoms with E-state index in [0.717, 1.165) is 27.8 Å². The third kappa shape index (κ3) is 6.67. The van der Waals surface area contributed by atoms with Crippen molar-refractivity contribution in [2.75, 3.05) is 33.9 Å². The van der Waals surface area contributed by atoms with Gasteiger partial charge in [0.15, 0.2) is 5.54 Å². The van der Waals surface area contributed by atoms with E-state index in [-0.39, 0.29) is 25.7 Å². The molecule has 0 radical (unpaired) electrons. The molecule has 40 heavy (non-hydrogen) atoms. The number of carboxylic acids is 1. The van der Waals surface area contributed by atoms with Gasteiger partial charge in [0.1, 0.15) is 12.6 Å². The zero-order valence-corrected chi connectivity index (χ0v) is 22.9. The Morgan fingerprint density at radius 2 is 1.52 bits per heavy atom. The maximum Gasteiger partial charge on any atom is 0.407 e. The number of nitrogens with one attached hydrogen (secondary N) is 2. The quantitative estimate of drug-likeness (QED) is 0.318. The number of nitrogens with zero attached hydrogens (tertiary/aromatic N) is 1. The monoisotopic (exact) mass is 545 g/mol. The van der Waals surface area contributed by atoms with Crippen LogP contribution in [-0.4, -0.2) is 73.5 Å². The lowest BCUT2D eigenvalue weighted by Gasteiger charge is -2.30.